The average molecular weight is 455 g/mol. The largest absolute Gasteiger partial charge is 0.427 e. The summed E-state index contributed by atoms with van der Waals surface area (Å²) in [6.45, 7) is 9.73. The predicted molar refractivity (Wildman–Crippen MR) is 123 cm³/mol. The van der Waals surface area contributed by atoms with Gasteiger partial charge in [-0.3, -0.25) is 19.2 Å². The Morgan fingerprint density at radius 3 is 2.06 bits per heavy atom. The molecule has 0 spiro atoms. The number of hydrogen-bond acceptors (Lipinski definition) is 5. The van der Waals surface area contributed by atoms with Gasteiger partial charge in [-0.25, -0.2) is 4.90 Å². The second-order valence-electron chi connectivity index (χ2n) is 10.8. The number of carbonyl (C=O) groups is 4. The average Bonchev–Trinajstić information content (AvgIpc) is 2.98. The molecule has 1 heterocycles. The van der Waals surface area contributed by atoms with Gasteiger partial charge in [0.1, 0.15) is 11.8 Å². The normalized spacial score (nSPS) is 24.6. The Hall–Kier alpha value is -2.70. The van der Waals surface area contributed by atoms with Crippen LogP contribution in [0.4, 0.5) is 5.69 Å². The molecule has 3 fully saturated rings. The summed E-state index contributed by atoms with van der Waals surface area (Å²) in [5.41, 5.74) is 0.135. The minimum absolute atomic E-state index is 0.000345. The predicted octanol–water partition coefficient (Wildman–Crippen LogP) is 4.09. The zero-order valence-corrected chi connectivity index (χ0v) is 20.2. The third-order valence-electron chi connectivity index (χ3n) is 8.31. The smallest absolute Gasteiger partial charge is 0.308 e. The van der Waals surface area contributed by atoms with Crippen molar-refractivity contribution >= 4 is 29.4 Å². The van der Waals surface area contributed by atoms with Crippen molar-refractivity contribution in [2.24, 2.45) is 16.7 Å². The zero-order chi connectivity index (χ0) is 24.1. The van der Waals surface area contributed by atoms with Crippen molar-refractivity contribution in [2.45, 2.75) is 85.2 Å². The Balaban J connectivity index is 1.61. The summed E-state index contributed by atoms with van der Waals surface area (Å²) in [4.78, 5) is 54.5. The van der Waals surface area contributed by atoms with Crippen LogP contribution in [0.5, 0.6) is 5.75 Å². The fourth-order valence-electron chi connectivity index (χ4n) is 5.84. The summed E-state index contributed by atoms with van der Waals surface area (Å²) in [6.07, 6.45) is 4.94. The van der Waals surface area contributed by atoms with Gasteiger partial charge in [0, 0.05) is 18.9 Å². The molecule has 1 aromatic rings. The highest BCUT2D eigenvalue weighted by molar-refractivity contribution is 6.23. The van der Waals surface area contributed by atoms with Gasteiger partial charge in [0.25, 0.3) is 5.91 Å². The van der Waals surface area contributed by atoms with E-state index in [1.807, 2.05) is 0 Å². The van der Waals surface area contributed by atoms with E-state index >= 15 is 0 Å². The van der Waals surface area contributed by atoms with Crippen molar-refractivity contribution in [3.8, 4) is 5.75 Å². The fraction of sp³-hybridized carbons (Fsp3) is 0.615. The highest BCUT2D eigenvalue weighted by Crippen LogP contribution is 2.69. The maximum Gasteiger partial charge on any atom is 0.308 e. The molecule has 3 amide bonds. The lowest BCUT2D eigenvalue weighted by Gasteiger charge is -2.38. The van der Waals surface area contributed by atoms with Crippen LogP contribution in [0.1, 0.15) is 73.1 Å². The highest BCUT2D eigenvalue weighted by atomic mass is 16.5. The fourth-order valence-corrected chi connectivity index (χ4v) is 5.84. The zero-order valence-electron chi connectivity index (χ0n) is 20.2. The minimum Gasteiger partial charge on any atom is -0.427 e. The van der Waals surface area contributed by atoms with Crippen LogP contribution < -0.4 is 9.64 Å². The number of imide groups is 1. The summed E-state index contributed by atoms with van der Waals surface area (Å²) in [6, 6.07) is 5.53. The maximum absolute atomic E-state index is 13.9. The quantitative estimate of drug-likeness (QED) is 0.380. The van der Waals surface area contributed by atoms with Crippen LogP contribution in [0.3, 0.4) is 0 Å². The molecule has 1 saturated heterocycles. The Morgan fingerprint density at radius 2 is 1.55 bits per heavy atom. The summed E-state index contributed by atoms with van der Waals surface area (Å²) >= 11 is 0. The van der Waals surface area contributed by atoms with Gasteiger partial charge in [-0.2, -0.15) is 0 Å². The van der Waals surface area contributed by atoms with E-state index in [2.05, 4.69) is 27.7 Å². The number of hydrogen-bond donors (Lipinski definition) is 0. The summed E-state index contributed by atoms with van der Waals surface area (Å²) in [7, 11) is 0. The topological polar surface area (TPSA) is 84.0 Å². The highest BCUT2D eigenvalue weighted by Gasteiger charge is 2.69. The Labute approximate surface area is 195 Å². The minimum atomic E-state index is -0.770. The van der Waals surface area contributed by atoms with E-state index < -0.39 is 12.0 Å². The maximum atomic E-state index is 13.9. The van der Waals surface area contributed by atoms with Gasteiger partial charge in [-0.05, 0) is 47.9 Å². The molecule has 0 radical (unpaired) electrons. The van der Waals surface area contributed by atoms with Crippen LogP contribution in [0, 0.1) is 16.7 Å². The standard InChI is InChI=1S/C26H34N2O5/c1-16(29)33-19-13-11-18(12-14-19)28-21(30)15-20(23(28)31)27(17-9-7-6-8-10-17)24(32)22-25(2,3)26(22,4)5/h11-14,17,20,22H,6-10,15H2,1-5H3. The molecule has 2 saturated carbocycles. The van der Waals surface area contributed by atoms with Gasteiger partial charge in [0.2, 0.25) is 11.8 Å². The van der Waals surface area contributed by atoms with Crippen molar-refractivity contribution in [2.75, 3.05) is 4.90 Å². The van der Waals surface area contributed by atoms with Crippen LogP contribution in [-0.2, 0) is 19.2 Å². The molecule has 2 aliphatic carbocycles. The summed E-state index contributed by atoms with van der Waals surface area (Å²) in [5, 5.41) is 0. The van der Waals surface area contributed by atoms with Crippen molar-refractivity contribution in [3.63, 3.8) is 0 Å². The van der Waals surface area contributed by atoms with Crippen LogP contribution >= 0.6 is 0 Å². The van der Waals surface area contributed by atoms with Crippen LogP contribution in [0.2, 0.25) is 0 Å². The molecule has 1 aromatic carbocycles. The molecule has 4 rings (SSSR count). The molecule has 7 heteroatoms. The van der Waals surface area contributed by atoms with E-state index in [-0.39, 0.29) is 46.9 Å². The number of rotatable bonds is 5. The van der Waals surface area contributed by atoms with Crippen molar-refractivity contribution < 1.29 is 23.9 Å². The molecule has 1 aliphatic heterocycles. The van der Waals surface area contributed by atoms with Gasteiger partial charge in [0.05, 0.1) is 12.1 Å². The van der Waals surface area contributed by atoms with Crippen molar-refractivity contribution in [1.82, 2.24) is 4.90 Å². The number of benzene rings is 1. The summed E-state index contributed by atoms with van der Waals surface area (Å²) < 4.78 is 5.05. The summed E-state index contributed by atoms with van der Waals surface area (Å²) in [5.74, 6) is -0.909. The van der Waals surface area contributed by atoms with Crippen molar-refractivity contribution in [3.05, 3.63) is 24.3 Å². The first-order valence-corrected chi connectivity index (χ1v) is 11.9. The van der Waals surface area contributed by atoms with Gasteiger partial charge >= 0.3 is 5.97 Å². The Morgan fingerprint density at radius 1 is 0.970 bits per heavy atom. The van der Waals surface area contributed by atoms with Crippen LogP contribution in [0.15, 0.2) is 24.3 Å². The lowest BCUT2D eigenvalue weighted by atomic mass is 9.92. The molecule has 1 unspecified atom stereocenters. The van der Waals surface area contributed by atoms with Crippen LogP contribution in [0.25, 0.3) is 0 Å². The Kier molecular flexibility index (Phi) is 5.87. The molecule has 7 nitrogen and oxygen atoms in total. The first-order valence-electron chi connectivity index (χ1n) is 11.9. The van der Waals surface area contributed by atoms with E-state index in [0.29, 0.717) is 11.4 Å². The molecular weight excluding hydrogens is 420 g/mol. The SMILES string of the molecule is CC(=O)Oc1ccc(N2C(=O)CC(N(C(=O)C3C(C)(C)C3(C)C)C3CCCCC3)C2=O)cc1. The lowest BCUT2D eigenvalue weighted by molar-refractivity contribution is -0.144. The monoisotopic (exact) mass is 454 g/mol. The third kappa shape index (κ3) is 3.96. The van der Waals surface area contributed by atoms with E-state index in [1.54, 1.807) is 29.2 Å². The molecule has 3 aliphatic rings. The van der Waals surface area contributed by atoms with Gasteiger partial charge in [0.15, 0.2) is 0 Å². The number of nitrogens with zero attached hydrogens (tertiary/aromatic N) is 2. The van der Waals surface area contributed by atoms with Gasteiger partial charge in [-0.1, -0.05) is 47.0 Å². The number of carbonyl (C=O) groups excluding carboxylic acids is 4. The second kappa shape index (κ2) is 8.26. The Bertz CT molecular complexity index is 961. The van der Waals surface area contributed by atoms with Crippen LogP contribution in [-0.4, -0.2) is 40.7 Å². The first kappa shape index (κ1) is 23.5. The van der Waals surface area contributed by atoms with E-state index in [4.69, 9.17) is 4.74 Å². The molecule has 33 heavy (non-hydrogen) atoms. The lowest BCUT2D eigenvalue weighted by Crippen LogP contribution is -2.52. The number of amides is 3. The van der Waals surface area contributed by atoms with Gasteiger partial charge < -0.3 is 9.64 Å². The molecule has 0 aromatic heterocycles. The molecule has 178 valence electrons. The van der Waals surface area contributed by atoms with Crippen molar-refractivity contribution in [1.29, 1.82) is 0 Å². The number of esters is 1. The van der Waals surface area contributed by atoms with Gasteiger partial charge in [-0.15, -0.1) is 0 Å². The van der Waals surface area contributed by atoms with E-state index in [1.165, 1.54) is 11.8 Å². The first-order chi connectivity index (χ1) is 15.5. The van der Waals surface area contributed by atoms with E-state index in [9.17, 15) is 19.2 Å². The molecule has 1 atom stereocenters. The third-order valence-corrected chi connectivity index (χ3v) is 8.31. The second-order valence-corrected chi connectivity index (χ2v) is 10.8. The molecular formula is C26H34N2O5. The molecule has 0 bridgehead atoms. The number of ether oxygens (including phenoxy) is 1. The molecule has 0 N–H and O–H groups in total. The van der Waals surface area contributed by atoms with E-state index in [0.717, 1.165) is 32.1 Å². The number of anilines is 1.